The number of benzene rings is 1. The molecule has 0 spiro atoms. The summed E-state index contributed by atoms with van der Waals surface area (Å²) < 4.78 is 3.70. The fourth-order valence-corrected chi connectivity index (χ4v) is 5.08. The predicted octanol–water partition coefficient (Wildman–Crippen LogP) is 5.59. The second-order valence-corrected chi connectivity index (χ2v) is 11.6. The Labute approximate surface area is 212 Å². The van der Waals surface area contributed by atoms with Crippen LogP contribution in [0.5, 0.6) is 0 Å². The lowest BCUT2D eigenvalue weighted by Crippen LogP contribution is -2.42. The maximum Gasteiger partial charge on any atom is 0.276 e. The Hall–Kier alpha value is -3.45. The second kappa shape index (κ2) is 8.59. The van der Waals surface area contributed by atoms with Crippen LogP contribution in [0.2, 0.25) is 0 Å². The van der Waals surface area contributed by atoms with Gasteiger partial charge in [0.2, 0.25) is 0 Å². The summed E-state index contributed by atoms with van der Waals surface area (Å²) in [7, 11) is 0. The fourth-order valence-electron chi connectivity index (χ4n) is 5.08. The molecule has 0 radical (unpaired) electrons. The van der Waals surface area contributed by atoms with Crippen LogP contribution in [0.4, 0.5) is 11.5 Å². The summed E-state index contributed by atoms with van der Waals surface area (Å²) in [6.07, 6.45) is 2.67. The van der Waals surface area contributed by atoms with Crippen LogP contribution in [-0.2, 0) is 17.4 Å². The molecule has 0 bridgehead atoms. The van der Waals surface area contributed by atoms with Crippen molar-refractivity contribution < 1.29 is 0 Å². The molecule has 1 aromatic carbocycles. The van der Waals surface area contributed by atoms with Crippen molar-refractivity contribution in [3.63, 3.8) is 0 Å². The van der Waals surface area contributed by atoms with E-state index in [1.54, 1.807) is 10.9 Å². The van der Waals surface area contributed by atoms with Gasteiger partial charge in [-0.15, -0.1) is 0 Å². The molecule has 36 heavy (non-hydrogen) atoms. The number of aromatic nitrogens is 4. The van der Waals surface area contributed by atoms with Crippen molar-refractivity contribution in [2.75, 3.05) is 11.9 Å². The molecule has 7 nitrogen and oxygen atoms in total. The number of hydrogen-bond donors (Lipinski definition) is 2. The molecule has 7 heteroatoms. The van der Waals surface area contributed by atoms with E-state index in [-0.39, 0.29) is 22.6 Å². The SMILES string of the molecule is CC(C)n1c(=O)c2cnc(Nc3ccc4c(c3)CCNC4(C)C)cc2n1-c1cccc(C(C)(C)C)n1. The van der Waals surface area contributed by atoms with Gasteiger partial charge >= 0.3 is 0 Å². The van der Waals surface area contributed by atoms with Gasteiger partial charge in [-0.2, -0.15) is 0 Å². The van der Waals surface area contributed by atoms with Crippen LogP contribution in [0.25, 0.3) is 16.7 Å². The standard InChI is InChI=1S/C29H36N6O/c1-18(2)34-27(36)21-17-30-25(32-20-11-12-22-19(15-20)13-14-31-29(22,6)7)16-23(21)35(34)26-10-8-9-24(33-26)28(3,4)5/h8-12,15-18,31H,13-14H2,1-7H3,(H,30,32). The zero-order chi connectivity index (χ0) is 25.8. The van der Waals surface area contributed by atoms with Crippen molar-refractivity contribution in [1.29, 1.82) is 0 Å². The van der Waals surface area contributed by atoms with Gasteiger partial charge < -0.3 is 10.6 Å². The van der Waals surface area contributed by atoms with Crippen LogP contribution < -0.4 is 16.2 Å². The molecule has 0 saturated heterocycles. The molecular weight excluding hydrogens is 448 g/mol. The maximum absolute atomic E-state index is 13.4. The minimum absolute atomic E-state index is 0.0340. The van der Waals surface area contributed by atoms with Gasteiger partial charge in [0.25, 0.3) is 5.56 Å². The molecule has 5 rings (SSSR count). The Kier molecular flexibility index (Phi) is 5.79. The number of anilines is 2. The molecule has 2 N–H and O–H groups in total. The Morgan fingerprint density at radius 1 is 1.11 bits per heavy atom. The van der Waals surface area contributed by atoms with Gasteiger partial charge in [-0.05, 0) is 76.1 Å². The highest BCUT2D eigenvalue weighted by Crippen LogP contribution is 2.31. The molecule has 0 saturated carbocycles. The number of nitrogens with zero attached hydrogens (tertiary/aromatic N) is 4. The van der Waals surface area contributed by atoms with E-state index in [1.165, 1.54) is 11.1 Å². The van der Waals surface area contributed by atoms with E-state index in [0.29, 0.717) is 11.2 Å². The first-order valence-corrected chi connectivity index (χ1v) is 12.7. The number of fused-ring (bicyclic) bond motifs is 2. The molecule has 4 heterocycles. The lowest BCUT2D eigenvalue weighted by Gasteiger charge is -2.34. The maximum atomic E-state index is 13.4. The average molecular weight is 485 g/mol. The predicted molar refractivity (Wildman–Crippen MR) is 147 cm³/mol. The topological polar surface area (TPSA) is 76.8 Å². The van der Waals surface area contributed by atoms with E-state index in [2.05, 4.69) is 68.4 Å². The smallest absolute Gasteiger partial charge is 0.276 e. The van der Waals surface area contributed by atoms with E-state index in [1.807, 2.05) is 42.8 Å². The Morgan fingerprint density at radius 2 is 1.89 bits per heavy atom. The van der Waals surface area contributed by atoms with Crippen molar-refractivity contribution in [2.24, 2.45) is 0 Å². The molecule has 0 unspecified atom stereocenters. The Morgan fingerprint density at radius 3 is 2.61 bits per heavy atom. The van der Waals surface area contributed by atoms with E-state index in [4.69, 9.17) is 4.98 Å². The summed E-state index contributed by atoms with van der Waals surface area (Å²) in [5.41, 5.74) is 5.22. The third-order valence-corrected chi connectivity index (χ3v) is 6.99. The van der Waals surface area contributed by atoms with Crippen LogP contribution in [0, 0.1) is 0 Å². The average Bonchev–Trinajstić information content (AvgIpc) is 3.10. The van der Waals surface area contributed by atoms with Crippen molar-refractivity contribution in [3.05, 3.63) is 75.8 Å². The zero-order valence-corrected chi connectivity index (χ0v) is 22.3. The molecule has 0 fully saturated rings. The number of rotatable bonds is 4. The van der Waals surface area contributed by atoms with Crippen LogP contribution >= 0.6 is 0 Å². The summed E-state index contributed by atoms with van der Waals surface area (Å²) in [5.74, 6) is 1.42. The lowest BCUT2D eigenvalue weighted by atomic mass is 9.85. The van der Waals surface area contributed by atoms with Crippen molar-refractivity contribution in [2.45, 2.75) is 71.9 Å². The van der Waals surface area contributed by atoms with E-state index in [0.717, 1.165) is 35.7 Å². The summed E-state index contributed by atoms with van der Waals surface area (Å²) >= 11 is 0. The lowest BCUT2D eigenvalue weighted by molar-refractivity contribution is 0.382. The van der Waals surface area contributed by atoms with Gasteiger partial charge in [0.1, 0.15) is 5.82 Å². The van der Waals surface area contributed by atoms with Crippen LogP contribution in [0.1, 0.15) is 71.3 Å². The number of hydrogen-bond acceptors (Lipinski definition) is 5. The van der Waals surface area contributed by atoms with E-state index < -0.39 is 0 Å². The van der Waals surface area contributed by atoms with Crippen molar-refractivity contribution in [3.8, 4) is 5.82 Å². The zero-order valence-electron chi connectivity index (χ0n) is 22.3. The molecule has 0 aliphatic carbocycles. The summed E-state index contributed by atoms with van der Waals surface area (Å²) in [5, 5.41) is 7.63. The number of nitrogens with one attached hydrogen (secondary N) is 2. The molecule has 1 aliphatic heterocycles. The monoisotopic (exact) mass is 484 g/mol. The number of pyridine rings is 2. The minimum Gasteiger partial charge on any atom is -0.340 e. The van der Waals surface area contributed by atoms with Crippen LogP contribution in [0.3, 0.4) is 0 Å². The van der Waals surface area contributed by atoms with E-state index >= 15 is 0 Å². The van der Waals surface area contributed by atoms with Crippen LogP contribution in [0.15, 0.2) is 53.5 Å². The van der Waals surface area contributed by atoms with Gasteiger partial charge in [0, 0.05) is 40.6 Å². The highest BCUT2D eigenvalue weighted by molar-refractivity contribution is 5.82. The van der Waals surface area contributed by atoms with Crippen LogP contribution in [-0.4, -0.2) is 25.9 Å². The highest BCUT2D eigenvalue weighted by Gasteiger charge is 2.27. The van der Waals surface area contributed by atoms with Gasteiger partial charge in [-0.3, -0.25) is 4.79 Å². The van der Waals surface area contributed by atoms with Gasteiger partial charge in [-0.1, -0.05) is 32.9 Å². The molecule has 0 atom stereocenters. The first kappa shape index (κ1) is 24.3. The molecule has 0 amide bonds. The van der Waals surface area contributed by atoms with Crippen molar-refractivity contribution >= 4 is 22.4 Å². The quantitative estimate of drug-likeness (QED) is 0.395. The summed E-state index contributed by atoms with van der Waals surface area (Å²) in [6.45, 7) is 15.9. The molecule has 3 aromatic heterocycles. The summed E-state index contributed by atoms with van der Waals surface area (Å²) in [4.78, 5) is 22.9. The molecule has 4 aromatic rings. The van der Waals surface area contributed by atoms with Gasteiger partial charge in [0.05, 0.1) is 10.9 Å². The second-order valence-electron chi connectivity index (χ2n) is 11.6. The third-order valence-electron chi connectivity index (χ3n) is 6.99. The first-order chi connectivity index (χ1) is 17.0. The highest BCUT2D eigenvalue weighted by atomic mass is 16.1. The third kappa shape index (κ3) is 4.22. The normalized spacial score (nSPS) is 15.3. The molecular formula is C29H36N6O. The Bertz CT molecular complexity index is 1500. The minimum atomic E-state index is -0.104. The molecule has 188 valence electrons. The van der Waals surface area contributed by atoms with Gasteiger partial charge in [0.15, 0.2) is 5.82 Å². The summed E-state index contributed by atoms with van der Waals surface area (Å²) in [6, 6.07) is 14.4. The van der Waals surface area contributed by atoms with Crippen molar-refractivity contribution in [1.82, 2.24) is 24.6 Å². The van der Waals surface area contributed by atoms with E-state index in [9.17, 15) is 4.79 Å². The molecule has 1 aliphatic rings. The largest absolute Gasteiger partial charge is 0.340 e. The van der Waals surface area contributed by atoms with Gasteiger partial charge in [-0.25, -0.2) is 19.3 Å². The fraction of sp³-hybridized carbons (Fsp3) is 0.414. The first-order valence-electron chi connectivity index (χ1n) is 12.7. The Balaban J connectivity index is 1.61.